The Hall–Kier alpha value is -2.29. The van der Waals surface area contributed by atoms with Gasteiger partial charge >= 0.3 is 10.2 Å². The molecule has 1 aromatic carbocycles. The summed E-state index contributed by atoms with van der Waals surface area (Å²) in [4.78, 5) is 25.4. The highest BCUT2D eigenvalue weighted by molar-refractivity contribution is 7.92. The number of benzene rings is 1. The molecule has 0 spiro atoms. The summed E-state index contributed by atoms with van der Waals surface area (Å²) >= 11 is 0. The van der Waals surface area contributed by atoms with Gasteiger partial charge in [0.1, 0.15) is 12.3 Å². The molecule has 1 saturated heterocycles. The predicted molar refractivity (Wildman–Crippen MR) is 91.1 cm³/mol. The maximum atomic E-state index is 12.3. The Morgan fingerprint density at radius 1 is 1.20 bits per heavy atom. The lowest BCUT2D eigenvalue weighted by Crippen LogP contribution is -2.37. The Balaban J connectivity index is 1.92. The van der Waals surface area contributed by atoms with E-state index in [1.54, 1.807) is 11.0 Å². The molecule has 136 valence electrons. The van der Waals surface area contributed by atoms with Gasteiger partial charge in [0.25, 0.3) is 5.91 Å². The second kappa shape index (κ2) is 6.21. The van der Waals surface area contributed by atoms with Gasteiger partial charge in [0.2, 0.25) is 5.91 Å². The molecule has 2 aliphatic rings. The van der Waals surface area contributed by atoms with E-state index >= 15 is 0 Å². The minimum atomic E-state index is -3.99. The topological polar surface area (TPSA) is 107 Å². The third-order valence-electron chi connectivity index (χ3n) is 4.42. The van der Waals surface area contributed by atoms with Crippen LogP contribution in [0.3, 0.4) is 0 Å². The van der Waals surface area contributed by atoms with E-state index in [9.17, 15) is 23.1 Å². The molecule has 2 N–H and O–H groups in total. The fourth-order valence-corrected chi connectivity index (χ4v) is 4.18. The van der Waals surface area contributed by atoms with Crippen molar-refractivity contribution in [2.24, 2.45) is 5.92 Å². The van der Waals surface area contributed by atoms with Gasteiger partial charge in [-0.1, -0.05) is 13.8 Å². The number of rotatable bonds is 4. The fraction of sp³-hybridized carbons (Fsp3) is 0.500. The average molecular weight is 367 g/mol. The van der Waals surface area contributed by atoms with E-state index in [-0.39, 0.29) is 30.3 Å². The first-order chi connectivity index (χ1) is 11.7. The van der Waals surface area contributed by atoms with Gasteiger partial charge in [0.05, 0.1) is 12.1 Å². The number of phenolic OH excluding ortho intramolecular Hbond substituents is 1. The number of fused-ring (bicyclic) bond motifs is 1. The summed E-state index contributed by atoms with van der Waals surface area (Å²) in [5, 5.41) is 10.2. The minimum absolute atomic E-state index is 0.00839. The molecule has 0 saturated carbocycles. The van der Waals surface area contributed by atoms with Crippen molar-refractivity contribution < 1.29 is 23.1 Å². The van der Waals surface area contributed by atoms with Crippen LogP contribution in [0.15, 0.2) is 12.1 Å². The Bertz CT molecular complexity index is 834. The van der Waals surface area contributed by atoms with E-state index < -0.39 is 16.1 Å². The van der Waals surface area contributed by atoms with E-state index in [1.165, 1.54) is 6.07 Å². The molecular formula is C16H21N3O5S. The number of carbonyl (C=O) groups excluding carboxylic acids is 2. The van der Waals surface area contributed by atoms with Gasteiger partial charge < -0.3 is 10.0 Å². The number of amides is 2. The van der Waals surface area contributed by atoms with Gasteiger partial charge in [-0.2, -0.15) is 8.42 Å². The minimum Gasteiger partial charge on any atom is -0.506 e. The second-order valence-electron chi connectivity index (χ2n) is 6.82. The predicted octanol–water partition coefficient (Wildman–Crippen LogP) is 0.504. The van der Waals surface area contributed by atoms with Crippen LogP contribution < -0.4 is 9.03 Å². The van der Waals surface area contributed by atoms with Crippen LogP contribution in [0.25, 0.3) is 0 Å². The number of anilines is 1. The molecule has 0 aliphatic carbocycles. The number of nitrogens with zero attached hydrogens (tertiary/aromatic N) is 2. The standard InChI is InChI=1S/C16H21N3O5S/c1-10(2)3-4-18-8-12-5-13(14(20)6-11(12)7-16(18)22)19-9-15(21)17-25(19,23)24/h5-6,10,20H,3-4,7-9H2,1-2H3,(H,17,21). The van der Waals surface area contributed by atoms with Gasteiger partial charge in [0, 0.05) is 13.1 Å². The summed E-state index contributed by atoms with van der Waals surface area (Å²) in [7, 11) is -3.99. The highest BCUT2D eigenvalue weighted by Gasteiger charge is 2.36. The number of phenols is 1. The summed E-state index contributed by atoms with van der Waals surface area (Å²) in [5.41, 5.74) is 1.52. The van der Waals surface area contributed by atoms with Crippen LogP contribution in [-0.4, -0.2) is 43.3 Å². The summed E-state index contributed by atoms with van der Waals surface area (Å²) in [6.45, 7) is 4.80. The molecule has 9 heteroatoms. The van der Waals surface area contributed by atoms with Crippen molar-refractivity contribution in [2.45, 2.75) is 33.2 Å². The van der Waals surface area contributed by atoms with Crippen LogP contribution >= 0.6 is 0 Å². The molecule has 2 amide bonds. The molecule has 0 aromatic heterocycles. The first-order valence-electron chi connectivity index (χ1n) is 8.13. The monoisotopic (exact) mass is 367 g/mol. The van der Waals surface area contributed by atoms with Crippen LogP contribution in [-0.2, 0) is 32.8 Å². The molecule has 0 unspecified atom stereocenters. The maximum absolute atomic E-state index is 12.3. The molecule has 1 aromatic rings. The zero-order chi connectivity index (χ0) is 18.4. The first-order valence-corrected chi connectivity index (χ1v) is 9.57. The van der Waals surface area contributed by atoms with Gasteiger partial charge in [-0.15, -0.1) is 0 Å². The SMILES string of the molecule is CC(C)CCN1Cc2cc(N3CC(=O)NS3(=O)=O)c(O)cc2CC1=O. The molecule has 2 heterocycles. The maximum Gasteiger partial charge on any atom is 0.326 e. The molecule has 0 atom stereocenters. The summed E-state index contributed by atoms with van der Waals surface area (Å²) in [6.07, 6.45) is 1.05. The van der Waals surface area contributed by atoms with Crippen LogP contribution in [0, 0.1) is 5.92 Å². The van der Waals surface area contributed by atoms with Crippen LogP contribution in [0.2, 0.25) is 0 Å². The summed E-state index contributed by atoms with van der Waals surface area (Å²) < 4.78 is 26.7. The van der Waals surface area contributed by atoms with Gasteiger partial charge in [0.15, 0.2) is 0 Å². The lowest BCUT2D eigenvalue weighted by Gasteiger charge is -2.30. The van der Waals surface area contributed by atoms with Gasteiger partial charge in [-0.25, -0.2) is 9.03 Å². The van der Waals surface area contributed by atoms with Gasteiger partial charge in [-0.05, 0) is 35.6 Å². The first kappa shape index (κ1) is 17.5. The molecule has 1 fully saturated rings. The highest BCUT2D eigenvalue weighted by atomic mass is 32.2. The number of nitrogens with one attached hydrogen (secondary N) is 1. The fourth-order valence-electron chi connectivity index (χ4n) is 3.02. The number of hydrogen-bond acceptors (Lipinski definition) is 5. The Morgan fingerprint density at radius 3 is 2.52 bits per heavy atom. The van der Waals surface area contributed by atoms with Crippen molar-refractivity contribution >= 4 is 27.7 Å². The van der Waals surface area contributed by atoms with Gasteiger partial charge in [-0.3, -0.25) is 9.59 Å². The molecule has 0 radical (unpaired) electrons. The number of hydrogen-bond donors (Lipinski definition) is 2. The van der Waals surface area contributed by atoms with E-state index in [0.29, 0.717) is 24.6 Å². The molecule has 3 rings (SSSR count). The highest BCUT2D eigenvalue weighted by Crippen LogP contribution is 2.35. The molecular weight excluding hydrogens is 346 g/mol. The van der Waals surface area contributed by atoms with E-state index in [2.05, 4.69) is 13.8 Å². The summed E-state index contributed by atoms with van der Waals surface area (Å²) in [5.74, 6) is -0.449. The molecule has 2 aliphatic heterocycles. The number of carbonyl (C=O) groups is 2. The Labute approximate surface area is 146 Å². The van der Waals surface area contributed by atoms with Crippen LogP contribution in [0.4, 0.5) is 5.69 Å². The lowest BCUT2D eigenvalue weighted by molar-refractivity contribution is -0.132. The van der Waals surface area contributed by atoms with E-state index in [1.807, 2.05) is 4.72 Å². The normalized spacial score (nSPS) is 19.3. The average Bonchev–Trinajstić information content (AvgIpc) is 2.77. The Morgan fingerprint density at radius 2 is 1.92 bits per heavy atom. The van der Waals surface area contributed by atoms with E-state index in [0.717, 1.165) is 16.3 Å². The van der Waals surface area contributed by atoms with Crippen molar-refractivity contribution in [3.63, 3.8) is 0 Å². The molecule has 8 nitrogen and oxygen atoms in total. The smallest absolute Gasteiger partial charge is 0.326 e. The van der Waals surface area contributed by atoms with Crippen molar-refractivity contribution in [1.29, 1.82) is 0 Å². The van der Waals surface area contributed by atoms with Crippen molar-refractivity contribution in [2.75, 3.05) is 17.4 Å². The van der Waals surface area contributed by atoms with Crippen LogP contribution in [0.5, 0.6) is 5.75 Å². The molecule has 25 heavy (non-hydrogen) atoms. The van der Waals surface area contributed by atoms with Crippen molar-refractivity contribution in [1.82, 2.24) is 9.62 Å². The third kappa shape index (κ3) is 3.41. The van der Waals surface area contributed by atoms with E-state index in [4.69, 9.17) is 0 Å². The van der Waals surface area contributed by atoms with Crippen LogP contribution in [0.1, 0.15) is 31.4 Å². The number of aromatic hydroxyl groups is 1. The van der Waals surface area contributed by atoms with Crippen molar-refractivity contribution in [3.8, 4) is 5.75 Å². The van der Waals surface area contributed by atoms with Crippen molar-refractivity contribution in [3.05, 3.63) is 23.3 Å². The lowest BCUT2D eigenvalue weighted by atomic mass is 9.97. The zero-order valence-electron chi connectivity index (χ0n) is 14.2. The molecule has 0 bridgehead atoms. The third-order valence-corrected chi connectivity index (χ3v) is 5.81. The quantitative estimate of drug-likeness (QED) is 0.806. The second-order valence-corrected chi connectivity index (χ2v) is 8.42. The zero-order valence-corrected chi connectivity index (χ0v) is 15.0. The Kier molecular flexibility index (Phi) is 4.36. The largest absolute Gasteiger partial charge is 0.506 e. The summed E-state index contributed by atoms with van der Waals surface area (Å²) in [6, 6.07) is 2.97.